The number of carbonyl (C=O) groups is 1. The van der Waals surface area contributed by atoms with Gasteiger partial charge in [-0.1, -0.05) is 18.2 Å². The molecule has 1 aromatic heterocycles. The molecular weight excluding hydrogens is 398 g/mol. The van der Waals surface area contributed by atoms with Crippen LogP contribution < -0.4 is 14.8 Å². The number of benzene rings is 2. The highest BCUT2D eigenvalue weighted by Gasteiger charge is 2.17. The SMILES string of the molecule is COc1cccc(C(CNC(=O)c2cccc(OCc3csc(C)n3)c2)N(C)C)c1. The molecule has 1 heterocycles. The second-order valence-electron chi connectivity index (χ2n) is 7.14. The van der Waals surface area contributed by atoms with Crippen LogP contribution in [-0.2, 0) is 6.61 Å². The summed E-state index contributed by atoms with van der Waals surface area (Å²) in [4.78, 5) is 19.2. The number of nitrogens with one attached hydrogen (secondary N) is 1. The maximum Gasteiger partial charge on any atom is 0.251 e. The summed E-state index contributed by atoms with van der Waals surface area (Å²) in [5.74, 6) is 1.30. The lowest BCUT2D eigenvalue weighted by atomic mass is 10.1. The van der Waals surface area contributed by atoms with Crippen molar-refractivity contribution in [2.24, 2.45) is 0 Å². The van der Waals surface area contributed by atoms with Crippen LogP contribution in [0.5, 0.6) is 11.5 Å². The number of ether oxygens (including phenoxy) is 2. The quantitative estimate of drug-likeness (QED) is 0.560. The van der Waals surface area contributed by atoms with E-state index in [0.29, 0.717) is 24.5 Å². The van der Waals surface area contributed by atoms with Gasteiger partial charge in [-0.2, -0.15) is 0 Å². The second-order valence-corrected chi connectivity index (χ2v) is 8.20. The van der Waals surface area contributed by atoms with Gasteiger partial charge < -0.3 is 19.7 Å². The summed E-state index contributed by atoms with van der Waals surface area (Å²) >= 11 is 1.59. The highest BCUT2D eigenvalue weighted by atomic mass is 32.1. The maximum absolute atomic E-state index is 12.7. The number of hydrogen-bond acceptors (Lipinski definition) is 6. The van der Waals surface area contributed by atoms with Crippen molar-refractivity contribution in [3.63, 3.8) is 0 Å². The fourth-order valence-electron chi connectivity index (χ4n) is 3.10. The van der Waals surface area contributed by atoms with Crippen LogP contribution in [0.4, 0.5) is 0 Å². The molecule has 6 nitrogen and oxygen atoms in total. The van der Waals surface area contributed by atoms with Crippen molar-refractivity contribution >= 4 is 17.2 Å². The first-order chi connectivity index (χ1) is 14.5. The summed E-state index contributed by atoms with van der Waals surface area (Å²) in [5, 5.41) is 6.02. The number of likely N-dealkylation sites (N-methyl/N-ethyl adjacent to an activating group) is 1. The summed E-state index contributed by atoms with van der Waals surface area (Å²) in [6.45, 7) is 2.82. The topological polar surface area (TPSA) is 63.7 Å². The number of nitrogens with zero attached hydrogens (tertiary/aromatic N) is 2. The predicted molar refractivity (Wildman–Crippen MR) is 119 cm³/mol. The molecule has 0 fully saturated rings. The normalized spacial score (nSPS) is 11.9. The largest absolute Gasteiger partial charge is 0.497 e. The van der Waals surface area contributed by atoms with Gasteiger partial charge in [0.05, 0.1) is 23.9 Å². The van der Waals surface area contributed by atoms with E-state index in [4.69, 9.17) is 9.47 Å². The van der Waals surface area contributed by atoms with Gasteiger partial charge in [0.15, 0.2) is 0 Å². The van der Waals surface area contributed by atoms with Gasteiger partial charge >= 0.3 is 0 Å². The van der Waals surface area contributed by atoms with Crippen molar-refractivity contribution in [1.29, 1.82) is 0 Å². The van der Waals surface area contributed by atoms with Crippen LogP contribution in [-0.4, -0.2) is 43.5 Å². The number of hydrogen-bond donors (Lipinski definition) is 1. The van der Waals surface area contributed by atoms with Crippen LogP contribution in [0.15, 0.2) is 53.9 Å². The van der Waals surface area contributed by atoms with Crippen molar-refractivity contribution in [2.75, 3.05) is 27.7 Å². The van der Waals surface area contributed by atoms with Gasteiger partial charge in [0, 0.05) is 17.5 Å². The van der Waals surface area contributed by atoms with Gasteiger partial charge in [-0.25, -0.2) is 4.98 Å². The molecule has 1 atom stereocenters. The molecule has 30 heavy (non-hydrogen) atoms. The van der Waals surface area contributed by atoms with E-state index in [9.17, 15) is 4.79 Å². The van der Waals surface area contributed by atoms with Crippen LogP contribution in [0.2, 0.25) is 0 Å². The Morgan fingerprint density at radius 3 is 2.63 bits per heavy atom. The molecule has 1 unspecified atom stereocenters. The molecule has 0 spiro atoms. The van der Waals surface area contributed by atoms with E-state index in [0.717, 1.165) is 22.0 Å². The van der Waals surface area contributed by atoms with Crippen molar-refractivity contribution in [2.45, 2.75) is 19.6 Å². The molecule has 158 valence electrons. The lowest BCUT2D eigenvalue weighted by molar-refractivity contribution is 0.0941. The Morgan fingerprint density at radius 2 is 1.93 bits per heavy atom. The van der Waals surface area contributed by atoms with Crippen LogP contribution in [0, 0.1) is 6.92 Å². The molecule has 0 saturated heterocycles. The summed E-state index contributed by atoms with van der Waals surface area (Å²) < 4.78 is 11.1. The van der Waals surface area contributed by atoms with E-state index in [1.54, 1.807) is 30.6 Å². The van der Waals surface area contributed by atoms with Crippen molar-refractivity contribution in [3.05, 3.63) is 75.7 Å². The molecule has 1 N–H and O–H groups in total. The first-order valence-electron chi connectivity index (χ1n) is 9.68. The van der Waals surface area contributed by atoms with Crippen LogP contribution in [0.1, 0.15) is 32.7 Å². The highest BCUT2D eigenvalue weighted by Crippen LogP contribution is 2.22. The molecule has 0 aliphatic heterocycles. The van der Waals surface area contributed by atoms with Crippen LogP contribution in [0.25, 0.3) is 0 Å². The predicted octanol–water partition coefficient (Wildman–Crippen LogP) is 4.07. The summed E-state index contributed by atoms with van der Waals surface area (Å²) in [5.41, 5.74) is 2.53. The molecule has 7 heteroatoms. The van der Waals surface area contributed by atoms with E-state index in [1.165, 1.54) is 0 Å². The van der Waals surface area contributed by atoms with Gasteiger partial charge in [0.2, 0.25) is 0 Å². The zero-order valence-electron chi connectivity index (χ0n) is 17.7. The molecule has 1 amide bonds. The Balaban J connectivity index is 1.62. The number of thiazole rings is 1. The van der Waals surface area contributed by atoms with Crippen LogP contribution >= 0.6 is 11.3 Å². The van der Waals surface area contributed by atoms with Gasteiger partial charge in [-0.15, -0.1) is 11.3 Å². The number of carbonyl (C=O) groups excluding carboxylic acids is 1. The molecule has 0 radical (unpaired) electrons. The summed E-state index contributed by atoms with van der Waals surface area (Å²) in [6, 6.07) is 15.1. The minimum atomic E-state index is -0.139. The second kappa shape index (κ2) is 10.2. The molecule has 2 aromatic carbocycles. The minimum Gasteiger partial charge on any atom is -0.497 e. The first-order valence-corrected chi connectivity index (χ1v) is 10.6. The molecule has 0 bridgehead atoms. The Morgan fingerprint density at radius 1 is 1.17 bits per heavy atom. The average molecular weight is 426 g/mol. The monoisotopic (exact) mass is 425 g/mol. The fraction of sp³-hybridized carbons (Fsp3) is 0.304. The van der Waals surface area contributed by atoms with E-state index in [1.807, 2.05) is 62.8 Å². The Labute approximate surface area is 181 Å². The Hall–Kier alpha value is -2.90. The molecule has 0 aliphatic carbocycles. The fourth-order valence-corrected chi connectivity index (χ4v) is 3.70. The minimum absolute atomic E-state index is 0.0244. The Bertz CT molecular complexity index is 987. The molecule has 0 saturated carbocycles. The first kappa shape index (κ1) is 21.8. The third-order valence-corrected chi connectivity index (χ3v) is 5.53. The third-order valence-electron chi connectivity index (χ3n) is 4.71. The zero-order valence-corrected chi connectivity index (χ0v) is 18.5. The lowest BCUT2D eigenvalue weighted by Gasteiger charge is -2.25. The van der Waals surface area contributed by atoms with E-state index in [-0.39, 0.29) is 11.9 Å². The van der Waals surface area contributed by atoms with Gasteiger partial charge in [0.25, 0.3) is 5.91 Å². The van der Waals surface area contributed by atoms with E-state index < -0.39 is 0 Å². The number of aromatic nitrogens is 1. The molecule has 3 aromatic rings. The highest BCUT2D eigenvalue weighted by molar-refractivity contribution is 7.09. The lowest BCUT2D eigenvalue weighted by Crippen LogP contribution is -2.34. The zero-order chi connectivity index (χ0) is 21.5. The molecule has 0 aliphatic rings. The van der Waals surface area contributed by atoms with Crippen LogP contribution in [0.3, 0.4) is 0 Å². The van der Waals surface area contributed by atoms with E-state index >= 15 is 0 Å². The molecular formula is C23H27N3O3S. The van der Waals surface area contributed by atoms with Gasteiger partial charge in [-0.05, 0) is 56.9 Å². The van der Waals surface area contributed by atoms with Crippen molar-refractivity contribution in [3.8, 4) is 11.5 Å². The Kier molecular flexibility index (Phi) is 7.43. The van der Waals surface area contributed by atoms with Crippen molar-refractivity contribution in [1.82, 2.24) is 15.2 Å². The standard InChI is InChI=1S/C23H27N3O3S/c1-16-25-19(15-30-16)14-29-21-10-6-8-18(12-21)23(27)24-13-22(26(2)3)17-7-5-9-20(11-17)28-4/h5-12,15,22H,13-14H2,1-4H3,(H,24,27). The van der Waals surface area contributed by atoms with Crippen molar-refractivity contribution < 1.29 is 14.3 Å². The number of methoxy groups -OCH3 is 1. The number of rotatable bonds is 9. The smallest absolute Gasteiger partial charge is 0.251 e. The summed E-state index contributed by atoms with van der Waals surface area (Å²) in [6.07, 6.45) is 0. The van der Waals surface area contributed by atoms with Gasteiger partial charge in [-0.3, -0.25) is 4.79 Å². The summed E-state index contributed by atoms with van der Waals surface area (Å²) in [7, 11) is 5.63. The third kappa shape index (κ3) is 5.81. The average Bonchev–Trinajstić information content (AvgIpc) is 3.17. The van der Waals surface area contributed by atoms with E-state index in [2.05, 4.69) is 15.2 Å². The molecule has 3 rings (SSSR count). The number of amides is 1. The number of aryl methyl sites for hydroxylation is 1. The van der Waals surface area contributed by atoms with Gasteiger partial charge in [0.1, 0.15) is 18.1 Å². The maximum atomic E-state index is 12.7.